The van der Waals surface area contributed by atoms with Crippen molar-refractivity contribution in [3.05, 3.63) is 0 Å². The fourth-order valence-electron chi connectivity index (χ4n) is 0. The molecule has 0 fully saturated rings. The molecule has 0 bridgehead atoms. The molecule has 0 saturated carbocycles. The maximum Gasteiger partial charge on any atom is 2.00 e. The molecule has 0 amide bonds. The first-order valence-corrected chi connectivity index (χ1v) is 0. The molecule has 1 nitrogen and oxygen atoms in total. The molecule has 24 valence electrons. The van der Waals surface area contributed by atoms with Crippen LogP contribution in [0, 0.1) is 0 Å². The summed E-state index contributed by atoms with van der Waals surface area (Å²) in [6.45, 7) is 0. The smallest absolute Gasteiger partial charge is 2.00 e. The summed E-state index contributed by atoms with van der Waals surface area (Å²) in [6, 6.07) is 0. The van der Waals surface area contributed by atoms with Crippen LogP contribution in [0.2, 0.25) is 0 Å². The summed E-state index contributed by atoms with van der Waals surface area (Å²) in [6.07, 6.45) is 0. The van der Waals surface area contributed by atoms with Crippen LogP contribution < -0.4 is 6.15 Å². The maximum atomic E-state index is 0. The molecule has 0 aromatic heterocycles. The van der Waals surface area contributed by atoms with Gasteiger partial charge in [0.05, 0.1) is 0 Å². The molecule has 0 aromatic carbocycles. The standard InChI is InChI=1S/Ga.In.Mg.H3N.8H/h;;;1H3;;;;;;;;/q;;+2;;;;;;;;2*-1. The van der Waals surface area contributed by atoms with E-state index < -0.39 is 0 Å². The molecule has 4 heteroatoms. The molecule has 0 saturated heterocycles. The largest absolute Gasteiger partial charge is 2.00 e. The molecule has 4 heavy (non-hydrogen) atoms. The predicted octanol–water partition coefficient (Wildman–Crippen LogP) is -2.36. The number of hydrogen-bond acceptors (Lipinski definition) is 1. The van der Waals surface area contributed by atoms with Crippen LogP contribution in [0.1, 0.15) is 2.85 Å². The van der Waals surface area contributed by atoms with Gasteiger partial charge in [-0.1, -0.05) is 0 Å². The van der Waals surface area contributed by atoms with E-state index in [4.69, 9.17) is 0 Å². The van der Waals surface area contributed by atoms with Gasteiger partial charge in [0.25, 0.3) is 0 Å². The zero-order chi connectivity index (χ0) is 0. The van der Waals surface area contributed by atoms with Crippen molar-refractivity contribution in [2.45, 2.75) is 0 Å². The van der Waals surface area contributed by atoms with Gasteiger partial charge in [0, 0.05) is 0 Å². The van der Waals surface area contributed by atoms with Crippen LogP contribution in [-0.2, 0) is 0 Å². The van der Waals surface area contributed by atoms with Crippen molar-refractivity contribution in [3.63, 3.8) is 0 Å². The minimum absolute atomic E-state index is 0. The third kappa shape index (κ3) is 8.87. The van der Waals surface area contributed by atoms with Crippen molar-refractivity contribution in [2.75, 3.05) is 0 Å². The first kappa shape index (κ1) is 34.2. The molecule has 0 atom stereocenters. The summed E-state index contributed by atoms with van der Waals surface area (Å²) in [4.78, 5) is 0. The third-order valence-electron chi connectivity index (χ3n) is 0. The summed E-state index contributed by atoms with van der Waals surface area (Å²) in [5, 5.41) is 0. The molecule has 0 aliphatic carbocycles. The Hall–Kier alpha value is 2.23. The van der Waals surface area contributed by atoms with Crippen molar-refractivity contribution in [2.24, 2.45) is 0 Å². The summed E-state index contributed by atoms with van der Waals surface area (Å²) >= 11 is 0. The molecule has 3 N–H and O–H groups in total. The average Bonchev–Trinajstić information content (AvgIpc) is 0. The van der Waals surface area contributed by atoms with E-state index in [1.807, 2.05) is 0 Å². The van der Waals surface area contributed by atoms with E-state index in [0.717, 1.165) is 0 Å². The monoisotopic (exact) mass is 233 g/mol. The SMILES string of the molecule is N.[GaH3].[H-].[H-].[InH3].[Mg+2]. The quantitative estimate of drug-likeness (QED) is 0.467. The van der Waals surface area contributed by atoms with E-state index in [9.17, 15) is 0 Å². The Bertz CT molecular complexity index is 13.5. The van der Waals surface area contributed by atoms with Crippen LogP contribution >= 0.6 is 0 Å². The van der Waals surface area contributed by atoms with Crippen LogP contribution in [0.4, 0.5) is 0 Å². The van der Waals surface area contributed by atoms with Gasteiger partial charge in [0.2, 0.25) is 0 Å². The topological polar surface area (TPSA) is 35.0 Å². The van der Waals surface area contributed by atoms with Gasteiger partial charge in [-0.25, -0.2) is 0 Å². The fraction of sp³-hybridized carbons (Fsp3) is 0. The molecule has 0 aliphatic rings. The van der Waals surface area contributed by atoms with E-state index in [0.29, 0.717) is 0 Å². The van der Waals surface area contributed by atoms with E-state index in [1.165, 1.54) is 0 Å². The van der Waals surface area contributed by atoms with Gasteiger partial charge in [0.15, 0.2) is 0 Å². The zero-order valence-corrected chi connectivity index (χ0v) is 2.83. The van der Waals surface area contributed by atoms with Crippen LogP contribution in [0.5, 0.6) is 0 Å². The fourth-order valence-corrected chi connectivity index (χ4v) is 0. The van der Waals surface area contributed by atoms with E-state index in [-0.39, 0.29) is 77.7 Å². The Morgan fingerprint density at radius 1 is 1.25 bits per heavy atom. The summed E-state index contributed by atoms with van der Waals surface area (Å²) in [5.41, 5.74) is 0. The van der Waals surface area contributed by atoms with E-state index >= 15 is 0 Å². The average molecular weight is 234 g/mol. The Labute approximate surface area is 76.8 Å². The van der Waals surface area contributed by atoms with Gasteiger partial charge >= 0.3 is 68.7 Å². The predicted molar refractivity (Wildman–Crippen MR) is 32.9 cm³/mol. The zero-order valence-electron chi connectivity index (χ0n) is 3.41. The second kappa shape index (κ2) is 18.8. The maximum absolute atomic E-state index is 0. The normalized spacial score (nSPS) is 0. The molecular weight excluding hydrogens is 223 g/mol. The first-order valence-electron chi connectivity index (χ1n) is 0. The van der Waals surface area contributed by atoms with Gasteiger partial charge < -0.3 is 9.00 Å². The molecule has 0 radical (unpaired) electrons. The van der Waals surface area contributed by atoms with Crippen LogP contribution in [-0.4, -0.2) is 68.7 Å². The molecule has 0 unspecified atom stereocenters. The van der Waals surface area contributed by atoms with Gasteiger partial charge in [-0.3, -0.25) is 0 Å². The van der Waals surface area contributed by atoms with E-state index in [1.54, 1.807) is 0 Å². The second-order valence-corrected chi connectivity index (χ2v) is 0. The number of hydrogen-bond donors (Lipinski definition) is 1. The third-order valence-corrected chi connectivity index (χ3v) is 0. The minimum atomic E-state index is 0. The molecule has 0 aromatic rings. The Kier molecular flexibility index (Phi) is 161. The van der Waals surface area contributed by atoms with Crippen molar-refractivity contribution in [3.8, 4) is 0 Å². The van der Waals surface area contributed by atoms with Crippen LogP contribution in [0.15, 0.2) is 0 Å². The summed E-state index contributed by atoms with van der Waals surface area (Å²) in [7, 11) is 0. The Morgan fingerprint density at radius 2 is 1.25 bits per heavy atom. The molecule has 0 spiro atoms. The van der Waals surface area contributed by atoms with Crippen molar-refractivity contribution < 1.29 is 2.85 Å². The summed E-state index contributed by atoms with van der Waals surface area (Å²) < 4.78 is 0. The van der Waals surface area contributed by atoms with Gasteiger partial charge in [-0.05, 0) is 0 Å². The Morgan fingerprint density at radius 3 is 1.25 bits per heavy atom. The molecule has 0 rings (SSSR count). The second-order valence-electron chi connectivity index (χ2n) is 0. The van der Waals surface area contributed by atoms with Crippen molar-refractivity contribution >= 4 is 68.7 Å². The van der Waals surface area contributed by atoms with Crippen molar-refractivity contribution in [1.82, 2.24) is 6.15 Å². The van der Waals surface area contributed by atoms with Gasteiger partial charge in [-0.15, -0.1) is 0 Å². The Balaban J connectivity index is 0. The molecular formula is H11GaInMgN. The number of rotatable bonds is 0. The minimum Gasteiger partial charge on any atom is 2.00 e. The molecule has 0 heterocycles. The first-order chi connectivity index (χ1) is 0. The van der Waals surface area contributed by atoms with Crippen LogP contribution in [0.3, 0.4) is 0 Å². The molecule has 0 aliphatic heterocycles. The van der Waals surface area contributed by atoms with E-state index in [2.05, 4.69) is 0 Å². The van der Waals surface area contributed by atoms with Gasteiger partial charge in [-0.2, -0.15) is 0 Å². The summed E-state index contributed by atoms with van der Waals surface area (Å²) in [5.74, 6) is 0. The van der Waals surface area contributed by atoms with Crippen molar-refractivity contribution in [1.29, 1.82) is 0 Å². The van der Waals surface area contributed by atoms with Crippen LogP contribution in [0.25, 0.3) is 0 Å². The van der Waals surface area contributed by atoms with Gasteiger partial charge in [0.1, 0.15) is 0 Å².